The second-order valence-corrected chi connectivity index (χ2v) is 9.18. The van der Waals surface area contributed by atoms with Gasteiger partial charge in [-0.3, -0.25) is 19.6 Å². The molecule has 2 amide bonds. The number of nitrogens with one attached hydrogen (secondary N) is 1. The molecule has 2 fully saturated rings. The van der Waals surface area contributed by atoms with Crippen LogP contribution in [0.25, 0.3) is 0 Å². The summed E-state index contributed by atoms with van der Waals surface area (Å²) in [5, 5.41) is 2.88. The first kappa shape index (κ1) is 19.7. The molecule has 0 unspecified atom stereocenters. The van der Waals surface area contributed by atoms with Crippen LogP contribution in [0.3, 0.4) is 0 Å². The highest BCUT2D eigenvalue weighted by Gasteiger charge is 2.49. The van der Waals surface area contributed by atoms with Crippen LogP contribution in [0.2, 0.25) is 0 Å². The van der Waals surface area contributed by atoms with Gasteiger partial charge in [0.2, 0.25) is 21.8 Å². The molecule has 3 heterocycles. The number of carbonyl (C=O) groups is 2. The topological polar surface area (TPSA) is 113 Å². The maximum atomic E-state index is 12.8. The van der Waals surface area contributed by atoms with Gasteiger partial charge in [0.25, 0.3) is 0 Å². The Kier molecular flexibility index (Phi) is 5.48. The van der Waals surface area contributed by atoms with E-state index in [-0.39, 0.29) is 49.5 Å². The van der Waals surface area contributed by atoms with Crippen LogP contribution in [0.15, 0.2) is 12.4 Å². The Hall–Kier alpha value is -2.07. The Morgan fingerprint density at radius 1 is 1.33 bits per heavy atom. The quantitative estimate of drug-likeness (QED) is 0.731. The molecule has 2 aliphatic rings. The number of aryl methyl sites for hydroxylation is 1. The Morgan fingerprint density at radius 3 is 2.67 bits per heavy atom. The highest BCUT2D eigenvalue weighted by atomic mass is 32.2. The number of aromatic nitrogens is 2. The van der Waals surface area contributed by atoms with Gasteiger partial charge < -0.3 is 10.2 Å². The van der Waals surface area contributed by atoms with E-state index in [4.69, 9.17) is 0 Å². The molecule has 2 saturated heterocycles. The molecule has 1 aromatic heterocycles. The SMILES string of the molecule is CC[C@@H]1[C@H](C(=O)NCc2cnc(C)cn2)C[C@@H]2CN(S(C)(=O)=O)CC(=O)N21. The van der Waals surface area contributed by atoms with E-state index in [0.717, 1.165) is 11.9 Å². The van der Waals surface area contributed by atoms with Gasteiger partial charge in [-0.2, -0.15) is 4.31 Å². The first-order chi connectivity index (χ1) is 12.7. The molecule has 0 aliphatic carbocycles. The average molecular weight is 395 g/mol. The minimum atomic E-state index is -3.44. The zero-order valence-electron chi connectivity index (χ0n) is 15.8. The van der Waals surface area contributed by atoms with Crippen molar-refractivity contribution < 1.29 is 18.0 Å². The van der Waals surface area contributed by atoms with Crippen LogP contribution in [-0.4, -0.2) is 70.8 Å². The summed E-state index contributed by atoms with van der Waals surface area (Å²) in [5.41, 5.74) is 1.47. The molecule has 3 atom stereocenters. The lowest BCUT2D eigenvalue weighted by Crippen LogP contribution is -2.57. The first-order valence-corrected chi connectivity index (χ1v) is 10.9. The van der Waals surface area contributed by atoms with E-state index in [9.17, 15) is 18.0 Å². The minimum Gasteiger partial charge on any atom is -0.350 e. The smallest absolute Gasteiger partial charge is 0.238 e. The predicted octanol–water partition coefficient (Wildman–Crippen LogP) is -0.328. The van der Waals surface area contributed by atoms with Gasteiger partial charge in [-0.05, 0) is 19.8 Å². The number of sulfonamides is 1. The molecule has 148 valence electrons. The fourth-order valence-corrected chi connectivity index (χ4v) is 4.73. The van der Waals surface area contributed by atoms with E-state index in [0.29, 0.717) is 18.5 Å². The number of carbonyl (C=O) groups excluding carboxylic acids is 2. The molecule has 0 bridgehead atoms. The molecule has 0 spiro atoms. The molecule has 1 aromatic rings. The lowest BCUT2D eigenvalue weighted by molar-refractivity contribution is -0.138. The number of amides is 2. The zero-order valence-corrected chi connectivity index (χ0v) is 16.6. The molecule has 3 rings (SSSR count). The summed E-state index contributed by atoms with van der Waals surface area (Å²) in [7, 11) is -3.44. The molecule has 0 aromatic carbocycles. The highest BCUT2D eigenvalue weighted by Crippen LogP contribution is 2.35. The molecule has 0 saturated carbocycles. The monoisotopic (exact) mass is 395 g/mol. The second kappa shape index (κ2) is 7.51. The Labute approximate surface area is 159 Å². The van der Waals surface area contributed by atoms with Gasteiger partial charge >= 0.3 is 0 Å². The third-order valence-corrected chi connectivity index (χ3v) is 6.47. The number of hydrogen-bond acceptors (Lipinski definition) is 6. The summed E-state index contributed by atoms with van der Waals surface area (Å²) in [6.45, 7) is 4.14. The molecule has 27 heavy (non-hydrogen) atoms. The van der Waals surface area contributed by atoms with E-state index in [2.05, 4.69) is 15.3 Å². The molecular weight excluding hydrogens is 370 g/mol. The maximum Gasteiger partial charge on any atom is 0.238 e. The molecule has 10 heteroatoms. The highest BCUT2D eigenvalue weighted by molar-refractivity contribution is 7.88. The maximum absolute atomic E-state index is 12.8. The molecule has 0 radical (unpaired) electrons. The predicted molar refractivity (Wildman–Crippen MR) is 97.9 cm³/mol. The van der Waals surface area contributed by atoms with Crippen molar-refractivity contribution in [3.8, 4) is 0 Å². The number of rotatable bonds is 5. The van der Waals surface area contributed by atoms with E-state index >= 15 is 0 Å². The van der Waals surface area contributed by atoms with Crippen molar-refractivity contribution in [3.05, 3.63) is 23.8 Å². The van der Waals surface area contributed by atoms with Crippen molar-refractivity contribution in [2.24, 2.45) is 5.92 Å². The van der Waals surface area contributed by atoms with Crippen LogP contribution >= 0.6 is 0 Å². The zero-order chi connectivity index (χ0) is 19.8. The van der Waals surface area contributed by atoms with Crippen molar-refractivity contribution in [2.75, 3.05) is 19.3 Å². The average Bonchev–Trinajstić information content (AvgIpc) is 2.99. The molecule has 1 N–H and O–H groups in total. The van der Waals surface area contributed by atoms with Crippen LogP contribution < -0.4 is 5.32 Å². The number of fused-ring (bicyclic) bond motifs is 1. The standard InChI is InChI=1S/C17H25N5O4S/c1-4-15-14(17(24)20-8-12-7-18-11(2)6-19-12)5-13-9-21(27(3,25)26)10-16(23)22(13)15/h6-7,13-15H,4-5,8-10H2,1-3H3,(H,20,24)/t13-,14-,15-/m1/s1. The Balaban J connectivity index is 1.70. The van der Waals surface area contributed by atoms with Crippen LogP contribution in [0.5, 0.6) is 0 Å². The van der Waals surface area contributed by atoms with Crippen LogP contribution in [-0.2, 0) is 26.2 Å². The Morgan fingerprint density at radius 2 is 2.07 bits per heavy atom. The van der Waals surface area contributed by atoms with Gasteiger partial charge in [-0.1, -0.05) is 6.92 Å². The molecular formula is C17H25N5O4S. The molecule has 9 nitrogen and oxygen atoms in total. The van der Waals surface area contributed by atoms with Crippen LogP contribution in [0, 0.1) is 12.8 Å². The van der Waals surface area contributed by atoms with Crippen molar-refractivity contribution in [1.82, 2.24) is 24.5 Å². The van der Waals surface area contributed by atoms with Gasteiger partial charge in [0.05, 0.1) is 42.8 Å². The van der Waals surface area contributed by atoms with Crippen LogP contribution in [0.1, 0.15) is 31.2 Å². The third kappa shape index (κ3) is 4.11. The summed E-state index contributed by atoms with van der Waals surface area (Å²) in [5.74, 6) is -0.734. The van der Waals surface area contributed by atoms with Crippen molar-refractivity contribution in [2.45, 2.75) is 45.3 Å². The summed E-state index contributed by atoms with van der Waals surface area (Å²) in [4.78, 5) is 35.4. The van der Waals surface area contributed by atoms with Crippen molar-refractivity contribution in [3.63, 3.8) is 0 Å². The van der Waals surface area contributed by atoms with E-state index < -0.39 is 10.0 Å². The largest absolute Gasteiger partial charge is 0.350 e. The number of hydrogen-bond donors (Lipinski definition) is 1. The first-order valence-electron chi connectivity index (χ1n) is 9.02. The normalized spacial score (nSPS) is 26.1. The second-order valence-electron chi connectivity index (χ2n) is 7.20. The fourth-order valence-electron chi connectivity index (χ4n) is 3.95. The summed E-state index contributed by atoms with van der Waals surface area (Å²) in [6, 6.07) is -0.478. The van der Waals surface area contributed by atoms with Gasteiger partial charge in [0, 0.05) is 24.8 Å². The summed E-state index contributed by atoms with van der Waals surface area (Å²) >= 11 is 0. The van der Waals surface area contributed by atoms with E-state index in [1.807, 2.05) is 13.8 Å². The van der Waals surface area contributed by atoms with Gasteiger partial charge in [-0.15, -0.1) is 0 Å². The fraction of sp³-hybridized carbons (Fsp3) is 0.647. The Bertz CT molecular complexity index is 826. The van der Waals surface area contributed by atoms with Gasteiger partial charge in [0.15, 0.2) is 0 Å². The number of piperazine rings is 1. The third-order valence-electron chi connectivity index (χ3n) is 5.26. The van der Waals surface area contributed by atoms with Crippen LogP contribution in [0.4, 0.5) is 0 Å². The number of nitrogens with zero attached hydrogens (tertiary/aromatic N) is 4. The van der Waals surface area contributed by atoms with Crippen molar-refractivity contribution >= 4 is 21.8 Å². The minimum absolute atomic E-state index is 0.141. The van der Waals surface area contributed by atoms with E-state index in [1.165, 1.54) is 4.31 Å². The lowest BCUT2D eigenvalue weighted by Gasteiger charge is -2.38. The summed E-state index contributed by atoms with van der Waals surface area (Å²) < 4.78 is 24.9. The van der Waals surface area contributed by atoms with Crippen molar-refractivity contribution in [1.29, 1.82) is 0 Å². The van der Waals surface area contributed by atoms with Gasteiger partial charge in [-0.25, -0.2) is 8.42 Å². The van der Waals surface area contributed by atoms with Gasteiger partial charge in [0.1, 0.15) is 0 Å². The van der Waals surface area contributed by atoms with E-state index in [1.54, 1.807) is 17.3 Å². The summed E-state index contributed by atoms with van der Waals surface area (Å²) in [6.07, 6.45) is 5.48. The molecule has 2 aliphatic heterocycles. The lowest BCUT2D eigenvalue weighted by atomic mass is 9.96.